The molecule has 150 valence electrons. The highest BCUT2D eigenvalue weighted by molar-refractivity contribution is 5.89. The van der Waals surface area contributed by atoms with Crippen molar-refractivity contribution in [3.05, 3.63) is 56.8 Å². The van der Waals surface area contributed by atoms with Gasteiger partial charge >= 0.3 is 0 Å². The van der Waals surface area contributed by atoms with Gasteiger partial charge in [0.2, 0.25) is 0 Å². The Morgan fingerprint density at radius 2 is 2.17 bits per heavy atom. The molecule has 1 aromatic carbocycles. The molecule has 3 rings (SSSR count). The number of hydrogen-bond acceptors (Lipinski definition) is 8. The summed E-state index contributed by atoms with van der Waals surface area (Å²) >= 11 is 0. The first-order valence-corrected chi connectivity index (χ1v) is 9.25. The molecule has 1 saturated heterocycles. The SMILES string of the molecule is COCc1cc(C)nc(N/N=C\c2cc([N+](=O)[O-])ccc2N2CCCC2)c1C#N. The van der Waals surface area contributed by atoms with Crippen molar-refractivity contribution in [2.24, 2.45) is 5.10 Å². The number of rotatable bonds is 7. The summed E-state index contributed by atoms with van der Waals surface area (Å²) in [4.78, 5) is 17.3. The van der Waals surface area contributed by atoms with Crippen LogP contribution in [0.2, 0.25) is 0 Å². The second-order valence-electron chi connectivity index (χ2n) is 6.76. The molecule has 1 aromatic heterocycles. The summed E-state index contributed by atoms with van der Waals surface area (Å²) in [6, 6.07) is 8.69. The van der Waals surface area contributed by atoms with Gasteiger partial charge in [-0.1, -0.05) is 0 Å². The Morgan fingerprint density at radius 1 is 1.41 bits per heavy atom. The maximum absolute atomic E-state index is 11.2. The van der Waals surface area contributed by atoms with Gasteiger partial charge in [0.1, 0.15) is 11.6 Å². The Kier molecular flexibility index (Phi) is 6.36. The number of aromatic nitrogens is 1. The van der Waals surface area contributed by atoms with Gasteiger partial charge in [-0.05, 0) is 31.9 Å². The molecule has 1 N–H and O–H groups in total. The maximum Gasteiger partial charge on any atom is 0.270 e. The van der Waals surface area contributed by atoms with E-state index in [2.05, 4.69) is 26.5 Å². The van der Waals surface area contributed by atoms with Crippen LogP contribution < -0.4 is 10.3 Å². The van der Waals surface area contributed by atoms with Crippen LogP contribution >= 0.6 is 0 Å². The summed E-state index contributed by atoms with van der Waals surface area (Å²) in [7, 11) is 1.56. The maximum atomic E-state index is 11.2. The van der Waals surface area contributed by atoms with Crippen molar-refractivity contribution >= 4 is 23.4 Å². The molecule has 9 nitrogen and oxygen atoms in total. The zero-order valence-corrected chi connectivity index (χ0v) is 16.4. The number of hydrazone groups is 1. The number of nitrogens with one attached hydrogen (secondary N) is 1. The predicted octanol–water partition coefficient (Wildman–Crippen LogP) is 3.36. The molecule has 1 aliphatic heterocycles. The molecule has 2 heterocycles. The highest BCUT2D eigenvalue weighted by Crippen LogP contribution is 2.27. The van der Waals surface area contributed by atoms with Crippen molar-refractivity contribution in [3.63, 3.8) is 0 Å². The first-order valence-electron chi connectivity index (χ1n) is 9.25. The van der Waals surface area contributed by atoms with Crippen molar-refractivity contribution < 1.29 is 9.66 Å². The van der Waals surface area contributed by atoms with E-state index >= 15 is 0 Å². The van der Waals surface area contributed by atoms with Crippen molar-refractivity contribution in [2.75, 3.05) is 30.5 Å². The monoisotopic (exact) mass is 394 g/mol. The Balaban J connectivity index is 1.91. The lowest BCUT2D eigenvalue weighted by Gasteiger charge is -2.19. The number of nitrogens with zero attached hydrogens (tertiary/aromatic N) is 5. The van der Waals surface area contributed by atoms with Gasteiger partial charge in [0.15, 0.2) is 5.82 Å². The van der Waals surface area contributed by atoms with Crippen molar-refractivity contribution in [1.29, 1.82) is 5.26 Å². The number of anilines is 2. The van der Waals surface area contributed by atoms with Crippen molar-refractivity contribution in [3.8, 4) is 6.07 Å². The number of ether oxygens (including phenoxy) is 1. The summed E-state index contributed by atoms with van der Waals surface area (Å²) < 4.78 is 5.15. The van der Waals surface area contributed by atoms with Crippen LogP contribution in [0.25, 0.3) is 0 Å². The molecule has 0 spiro atoms. The van der Waals surface area contributed by atoms with Gasteiger partial charge in [-0.2, -0.15) is 10.4 Å². The Morgan fingerprint density at radius 3 is 2.83 bits per heavy atom. The number of methoxy groups -OCH3 is 1. The van der Waals surface area contributed by atoms with E-state index in [-0.39, 0.29) is 12.3 Å². The molecule has 0 radical (unpaired) electrons. The second kappa shape index (κ2) is 9.12. The van der Waals surface area contributed by atoms with Crippen LogP contribution in [0.1, 0.15) is 35.2 Å². The van der Waals surface area contributed by atoms with E-state index in [1.807, 2.05) is 6.92 Å². The van der Waals surface area contributed by atoms with E-state index in [9.17, 15) is 15.4 Å². The predicted molar refractivity (Wildman–Crippen MR) is 110 cm³/mol. The van der Waals surface area contributed by atoms with Crippen LogP contribution in [0.4, 0.5) is 17.2 Å². The molecular weight excluding hydrogens is 372 g/mol. The Bertz CT molecular complexity index is 977. The Labute approximate surface area is 168 Å². The third-order valence-corrected chi connectivity index (χ3v) is 4.68. The minimum absolute atomic E-state index is 0.00294. The molecule has 0 aliphatic carbocycles. The number of nitro benzene ring substituents is 1. The number of aryl methyl sites for hydroxylation is 1. The lowest BCUT2D eigenvalue weighted by molar-refractivity contribution is -0.384. The molecule has 0 bridgehead atoms. The average Bonchev–Trinajstić information content (AvgIpc) is 3.22. The third kappa shape index (κ3) is 4.67. The van der Waals surface area contributed by atoms with Gasteiger partial charge in [-0.15, -0.1) is 0 Å². The summed E-state index contributed by atoms with van der Waals surface area (Å²) in [5, 5.41) is 24.9. The van der Waals surface area contributed by atoms with Gasteiger partial charge < -0.3 is 9.64 Å². The van der Waals surface area contributed by atoms with Crippen LogP contribution in [0.3, 0.4) is 0 Å². The standard InChI is InChI=1S/C20H22N6O3/c1-14-9-16(13-29-2)18(11-21)20(23-14)24-22-12-15-10-17(26(27)28)5-6-19(15)25-7-3-4-8-25/h5-6,9-10,12H,3-4,7-8,13H2,1-2H3,(H,23,24)/b22-12-. The molecule has 2 aromatic rings. The van der Waals surface area contributed by atoms with E-state index in [0.29, 0.717) is 22.5 Å². The van der Waals surface area contributed by atoms with E-state index < -0.39 is 4.92 Å². The van der Waals surface area contributed by atoms with Crippen molar-refractivity contribution in [1.82, 2.24) is 4.98 Å². The fraction of sp³-hybridized carbons (Fsp3) is 0.350. The van der Waals surface area contributed by atoms with Crippen LogP contribution in [0.15, 0.2) is 29.4 Å². The number of nitro groups is 1. The van der Waals surface area contributed by atoms with E-state index in [4.69, 9.17) is 4.74 Å². The van der Waals surface area contributed by atoms with Crippen LogP contribution in [0, 0.1) is 28.4 Å². The smallest absolute Gasteiger partial charge is 0.270 e. The van der Waals surface area contributed by atoms with Gasteiger partial charge in [-0.25, -0.2) is 4.98 Å². The highest BCUT2D eigenvalue weighted by atomic mass is 16.6. The molecular formula is C20H22N6O3. The zero-order valence-electron chi connectivity index (χ0n) is 16.4. The summed E-state index contributed by atoms with van der Waals surface area (Å²) in [6.45, 7) is 3.92. The van der Waals surface area contributed by atoms with Crippen LogP contribution in [-0.4, -0.2) is 36.3 Å². The molecule has 0 atom stereocenters. The number of hydrogen-bond donors (Lipinski definition) is 1. The van der Waals surface area contributed by atoms with Gasteiger partial charge in [-0.3, -0.25) is 15.5 Å². The quantitative estimate of drug-likeness (QED) is 0.435. The first-order chi connectivity index (χ1) is 14.0. The van der Waals surface area contributed by atoms with Crippen molar-refractivity contribution in [2.45, 2.75) is 26.4 Å². The third-order valence-electron chi connectivity index (χ3n) is 4.68. The number of nitriles is 1. The lowest BCUT2D eigenvalue weighted by atomic mass is 10.1. The minimum atomic E-state index is -0.425. The summed E-state index contributed by atoms with van der Waals surface area (Å²) in [6.07, 6.45) is 3.71. The summed E-state index contributed by atoms with van der Waals surface area (Å²) in [5.74, 6) is 0.323. The first kappa shape index (κ1) is 20.2. The topological polar surface area (TPSA) is 117 Å². The van der Waals surface area contributed by atoms with E-state index in [0.717, 1.165) is 37.3 Å². The second-order valence-corrected chi connectivity index (χ2v) is 6.76. The van der Waals surface area contributed by atoms with Gasteiger partial charge in [0, 0.05) is 54.8 Å². The number of pyridine rings is 1. The van der Waals surface area contributed by atoms with Crippen LogP contribution in [0.5, 0.6) is 0 Å². The molecule has 0 unspecified atom stereocenters. The molecule has 0 amide bonds. The molecule has 9 heteroatoms. The molecule has 29 heavy (non-hydrogen) atoms. The van der Waals surface area contributed by atoms with E-state index in [1.165, 1.54) is 18.3 Å². The zero-order chi connectivity index (χ0) is 20.8. The molecule has 0 saturated carbocycles. The number of benzene rings is 1. The van der Waals surface area contributed by atoms with Gasteiger partial charge in [0.25, 0.3) is 5.69 Å². The largest absolute Gasteiger partial charge is 0.380 e. The normalized spacial score (nSPS) is 13.6. The summed E-state index contributed by atoms with van der Waals surface area (Å²) in [5.41, 5.74) is 6.14. The number of non-ortho nitro benzene ring substituents is 1. The molecule has 1 fully saturated rings. The fourth-order valence-corrected chi connectivity index (χ4v) is 3.38. The Hall–Kier alpha value is -3.51. The highest BCUT2D eigenvalue weighted by Gasteiger charge is 2.18. The minimum Gasteiger partial charge on any atom is -0.380 e. The fourth-order valence-electron chi connectivity index (χ4n) is 3.38. The lowest BCUT2D eigenvalue weighted by Crippen LogP contribution is -2.19. The molecule has 1 aliphatic rings. The van der Waals surface area contributed by atoms with Gasteiger partial charge in [0.05, 0.1) is 17.7 Å². The van der Waals surface area contributed by atoms with E-state index in [1.54, 1.807) is 19.2 Å². The average molecular weight is 394 g/mol. The van der Waals surface area contributed by atoms with Crippen LogP contribution in [-0.2, 0) is 11.3 Å².